The number of hydrogen-bond acceptors (Lipinski definition) is 3. The van der Waals surface area contributed by atoms with Gasteiger partial charge in [0.05, 0.1) is 12.6 Å². The number of amides is 1. The van der Waals surface area contributed by atoms with Gasteiger partial charge in [-0.3, -0.25) is 9.69 Å². The SMILES string of the molecule is CCc1cccc(NC(=O)CN(C)CC[C@@H](C)O)c1. The lowest BCUT2D eigenvalue weighted by atomic mass is 10.1. The summed E-state index contributed by atoms with van der Waals surface area (Å²) in [6, 6.07) is 7.89. The van der Waals surface area contributed by atoms with E-state index in [2.05, 4.69) is 12.2 Å². The van der Waals surface area contributed by atoms with Gasteiger partial charge in [0.1, 0.15) is 0 Å². The minimum Gasteiger partial charge on any atom is -0.393 e. The van der Waals surface area contributed by atoms with E-state index in [9.17, 15) is 9.90 Å². The monoisotopic (exact) mass is 264 g/mol. The van der Waals surface area contributed by atoms with Crippen LogP contribution in [0.15, 0.2) is 24.3 Å². The number of aryl methyl sites for hydroxylation is 1. The molecule has 0 heterocycles. The summed E-state index contributed by atoms with van der Waals surface area (Å²) in [6.07, 6.45) is 1.30. The van der Waals surface area contributed by atoms with Crippen LogP contribution in [-0.4, -0.2) is 42.2 Å². The summed E-state index contributed by atoms with van der Waals surface area (Å²) in [4.78, 5) is 13.8. The fourth-order valence-corrected chi connectivity index (χ4v) is 1.80. The van der Waals surface area contributed by atoms with Crippen LogP contribution >= 0.6 is 0 Å². The zero-order valence-corrected chi connectivity index (χ0v) is 12.0. The number of aliphatic hydroxyl groups is 1. The molecule has 1 rings (SSSR count). The van der Waals surface area contributed by atoms with E-state index in [1.54, 1.807) is 6.92 Å². The molecule has 0 aromatic heterocycles. The molecule has 2 N–H and O–H groups in total. The Morgan fingerprint density at radius 3 is 2.84 bits per heavy atom. The molecule has 0 fully saturated rings. The van der Waals surface area contributed by atoms with Gasteiger partial charge in [-0.15, -0.1) is 0 Å². The Balaban J connectivity index is 2.41. The second kappa shape index (κ2) is 7.92. The Morgan fingerprint density at radius 1 is 1.47 bits per heavy atom. The first-order valence-electron chi connectivity index (χ1n) is 6.76. The lowest BCUT2D eigenvalue weighted by Gasteiger charge is -2.17. The highest BCUT2D eigenvalue weighted by atomic mass is 16.3. The molecule has 0 aliphatic carbocycles. The molecule has 0 unspecified atom stereocenters. The standard InChI is InChI=1S/C15H24N2O2/c1-4-13-6-5-7-14(10-13)16-15(19)11-17(3)9-8-12(2)18/h5-7,10,12,18H,4,8-9,11H2,1-3H3,(H,16,19)/t12-/m1/s1. The van der Waals surface area contributed by atoms with Crippen molar-refractivity contribution in [3.8, 4) is 0 Å². The average molecular weight is 264 g/mol. The first kappa shape index (κ1) is 15.7. The third kappa shape index (κ3) is 6.36. The maximum atomic E-state index is 11.9. The molecule has 4 nitrogen and oxygen atoms in total. The number of likely N-dealkylation sites (N-methyl/N-ethyl adjacent to an activating group) is 1. The summed E-state index contributed by atoms with van der Waals surface area (Å²) in [5.74, 6) is -0.0265. The molecule has 0 aliphatic heterocycles. The minimum absolute atomic E-state index is 0.0265. The van der Waals surface area contributed by atoms with E-state index in [1.165, 1.54) is 5.56 Å². The Morgan fingerprint density at radius 2 is 2.21 bits per heavy atom. The highest BCUT2D eigenvalue weighted by molar-refractivity contribution is 5.92. The number of carbonyl (C=O) groups is 1. The van der Waals surface area contributed by atoms with Gasteiger partial charge in [-0.2, -0.15) is 0 Å². The van der Waals surface area contributed by atoms with Gasteiger partial charge >= 0.3 is 0 Å². The Kier molecular flexibility index (Phi) is 6.53. The van der Waals surface area contributed by atoms with Crippen LogP contribution in [-0.2, 0) is 11.2 Å². The smallest absolute Gasteiger partial charge is 0.238 e. The lowest BCUT2D eigenvalue weighted by molar-refractivity contribution is -0.117. The third-order valence-corrected chi connectivity index (χ3v) is 2.96. The van der Waals surface area contributed by atoms with Crippen molar-refractivity contribution >= 4 is 11.6 Å². The van der Waals surface area contributed by atoms with Crippen LogP contribution < -0.4 is 5.32 Å². The largest absolute Gasteiger partial charge is 0.393 e. The van der Waals surface area contributed by atoms with E-state index in [-0.39, 0.29) is 12.0 Å². The van der Waals surface area contributed by atoms with E-state index in [0.717, 1.165) is 12.1 Å². The highest BCUT2D eigenvalue weighted by Gasteiger charge is 2.08. The molecule has 0 bridgehead atoms. The average Bonchev–Trinajstić information content (AvgIpc) is 2.36. The topological polar surface area (TPSA) is 52.6 Å². The van der Waals surface area contributed by atoms with Gasteiger partial charge in [0, 0.05) is 12.2 Å². The number of rotatable bonds is 7. The van der Waals surface area contributed by atoms with E-state index in [4.69, 9.17) is 0 Å². The van der Waals surface area contributed by atoms with Crippen molar-refractivity contribution in [1.82, 2.24) is 4.90 Å². The molecular weight excluding hydrogens is 240 g/mol. The maximum absolute atomic E-state index is 11.9. The van der Waals surface area contributed by atoms with Crippen LogP contribution in [0.5, 0.6) is 0 Å². The van der Waals surface area contributed by atoms with Gasteiger partial charge in [-0.1, -0.05) is 19.1 Å². The molecule has 1 amide bonds. The molecule has 4 heteroatoms. The van der Waals surface area contributed by atoms with Crippen molar-refractivity contribution in [3.05, 3.63) is 29.8 Å². The predicted molar refractivity (Wildman–Crippen MR) is 78.2 cm³/mol. The maximum Gasteiger partial charge on any atom is 0.238 e. The van der Waals surface area contributed by atoms with Gasteiger partial charge in [0.15, 0.2) is 0 Å². The van der Waals surface area contributed by atoms with Gasteiger partial charge in [-0.05, 0) is 44.5 Å². The number of anilines is 1. The van der Waals surface area contributed by atoms with Gasteiger partial charge in [0.2, 0.25) is 5.91 Å². The number of nitrogens with zero attached hydrogens (tertiary/aromatic N) is 1. The molecule has 1 atom stereocenters. The molecular formula is C15H24N2O2. The fraction of sp³-hybridized carbons (Fsp3) is 0.533. The summed E-state index contributed by atoms with van der Waals surface area (Å²) in [5.41, 5.74) is 2.05. The van der Waals surface area contributed by atoms with Crippen LogP contribution in [0.3, 0.4) is 0 Å². The quantitative estimate of drug-likeness (QED) is 0.790. The molecule has 0 saturated carbocycles. The number of nitrogens with one attached hydrogen (secondary N) is 1. The van der Waals surface area contributed by atoms with Crippen LogP contribution in [0.4, 0.5) is 5.69 Å². The van der Waals surface area contributed by atoms with Crippen molar-refractivity contribution in [2.75, 3.05) is 25.5 Å². The van der Waals surface area contributed by atoms with Crippen LogP contribution in [0.2, 0.25) is 0 Å². The highest BCUT2D eigenvalue weighted by Crippen LogP contribution is 2.11. The van der Waals surface area contributed by atoms with Crippen molar-refractivity contribution in [2.45, 2.75) is 32.8 Å². The first-order chi connectivity index (χ1) is 9.01. The molecule has 0 aliphatic rings. The predicted octanol–water partition coefficient (Wildman–Crippen LogP) is 1.89. The molecule has 1 aromatic carbocycles. The van der Waals surface area contributed by atoms with Crippen molar-refractivity contribution < 1.29 is 9.90 Å². The van der Waals surface area contributed by atoms with Crippen molar-refractivity contribution in [2.24, 2.45) is 0 Å². The summed E-state index contributed by atoms with van der Waals surface area (Å²) in [5, 5.41) is 12.1. The lowest BCUT2D eigenvalue weighted by Crippen LogP contribution is -2.32. The second-order valence-corrected chi connectivity index (χ2v) is 4.98. The van der Waals surface area contributed by atoms with E-state index in [1.807, 2.05) is 36.2 Å². The second-order valence-electron chi connectivity index (χ2n) is 4.98. The summed E-state index contributed by atoms with van der Waals surface area (Å²) in [7, 11) is 1.88. The normalized spacial score (nSPS) is 12.5. The Hall–Kier alpha value is -1.39. The number of hydrogen-bond donors (Lipinski definition) is 2. The third-order valence-electron chi connectivity index (χ3n) is 2.96. The van der Waals surface area contributed by atoms with E-state index < -0.39 is 0 Å². The molecule has 0 radical (unpaired) electrons. The first-order valence-corrected chi connectivity index (χ1v) is 6.76. The Labute approximate surface area is 115 Å². The van der Waals surface area contributed by atoms with Crippen LogP contribution in [0, 0.1) is 0 Å². The van der Waals surface area contributed by atoms with Crippen LogP contribution in [0.1, 0.15) is 25.8 Å². The summed E-state index contributed by atoms with van der Waals surface area (Å²) >= 11 is 0. The fourth-order valence-electron chi connectivity index (χ4n) is 1.80. The van der Waals surface area contributed by atoms with Gasteiger partial charge < -0.3 is 10.4 Å². The summed E-state index contributed by atoms with van der Waals surface area (Å²) < 4.78 is 0. The van der Waals surface area contributed by atoms with Gasteiger partial charge in [-0.25, -0.2) is 0 Å². The van der Waals surface area contributed by atoms with Gasteiger partial charge in [0.25, 0.3) is 0 Å². The minimum atomic E-state index is -0.327. The van der Waals surface area contributed by atoms with Crippen LogP contribution in [0.25, 0.3) is 0 Å². The number of carbonyl (C=O) groups excluding carboxylic acids is 1. The molecule has 1 aromatic rings. The molecule has 0 spiro atoms. The number of benzene rings is 1. The van der Waals surface area contributed by atoms with E-state index >= 15 is 0 Å². The zero-order chi connectivity index (χ0) is 14.3. The van der Waals surface area contributed by atoms with Crippen molar-refractivity contribution in [3.63, 3.8) is 0 Å². The Bertz CT molecular complexity index is 405. The van der Waals surface area contributed by atoms with Crippen molar-refractivity contribution in [1.29, 1.82) is 0 Å². The number of aliphatic hydroxyl groups excluding tert-OH is 1. The molecule has 19 heavy (non-hydrogen) atoms. The molecule has 0 saturated heterocycles. The zero-order valence-electron chi connectivity index (χ0n) is 12.0. The van der Waals surface area contributed by atoms with E-state index in [0.29, 0.717) is 19.5 Å². The summed E-state index contributed by atoms with van der Waals surface area (Å²) in [6.45, 7) is 4.89. The molecule has 106 valence electrons.